The van der Waals surface area contributed by atoms with E-state index in [9.17, 15) is 9.59 Å². The number of H-pyrrole nitrogens is 1. The summed E-state index contributed by atoms with van der Waals surface area (Å²) < 4.78 is 23.6. The van der Waals surface area contributed by atoms with Crippen LogP contribution >= 0.6 is 31.9 Å². The lowest BCUT2D eigenvalue weighted by Gasteiger charge is -2.29. The highest BCUT2D eigenvalue weighted by molar-refractivity contribution is 9.10. The fourth-order valence-electron chi connectivity index (χ4n) is 5.92. The summed E-state index contributed by atoms with van der Waals surface area (Å²) in [4.78, 5) is 36.1. The molecule has 0 unspecified atom stereocenters. The van der Waals surface area contributed by atoms with Crippen LogP contribution in [0.2, 0.25) is 0 Å². The van der Waals surface area contributed by atoms with E-state index in [1.165, 1.54) is 14.2 Å². The molecule has 3 N–H and O–H groups in total. The smallest absolute Gasteiger partial charge is 0.464 e. The Morgan fingerprint density at radius 2 is 1.33 bits per heavy atom. The number of rotatable bonds is 6. The van der Waals surface area contributed by atoms with Crippen LogP contribution in [0.5, 0.6) is 0 Å². The highest BCUT2D eigenvalue weighted by atomic mass is 79.9. The second-order valence-corrected chi connectivity index (χ2v) is 13.9. The zero-order valence-corrected chi connectivity index (χ0v) is 33.1. The normalized spacial score (nSPS) is 14.1. The fourth-order valence-corrected chi connectivity index (χ4v) is 6.89. The molecule has 0 atom stereocenters. The minimum absolute atomic E-state index is 0.253. The molecule has 0 aliphatic carbocycles. The molecule has 2 aliphatic rings. The molecule has 16 nitrogen and oxygen atoms in total. The molecule has 2 fully saturated rings. The molecule has 6 heterocycles. The molecule has 286 valence electrons. The Bertz CT molecular complexity index is 2260. The number of halogens is 2. The molecule has 0 bridgehead atoms. The number of esters is 2. The van der Waals surface area contributed by atoms with Gasteiger partial charge < -0.3 is 38.8 Å². The second kappa shape index (κ2) is 18.6. The number of fused-ring (bicyclic) bond motifs is 2. The summed E-state index contributed by atoms with van der Waals surface area (Å²) in [5.41, 5.74) is 5.09. The number of nitrogens with one attached hydrogen (secondary N) is 1. The van der Waals surface area contributed by atoms with E-state index >= 15 is 0 Å². The first kappa shape index (κ1) is 39.8. The van der Waals surface area contributed by atoms with Crippen LogP contribution in [0.4, 0.5) is 11.4 Å². The fraction of sp³-hybridized carbons (Fsp3) is 0.278. The van der Waals surface area contributed by atoms with Crippen LogP contribution in [0.25, 0.3) is 27.8 Å². The van der Waals surface area contributed by atoms with Gasteiger partial charge in [0.2, 0.25) is 0 Å². The maximum absolute atomic E-state index is 12.1. The predicted octanol–water partition coefficient (Wildman–Crippen LogP) is 3.52. The van der Waals surface area contributed by atoms with Crippen LogP contribution in [0.15, 0.2) is 82.0 Å². The molecule has 2 aromatic carbocycles. The number of hydrogen-bond donors (Lipinski definition) is 3. The van der Waals surface area contributed by atoms with Gasteiger partial charge in [0.1, 0.15) is 0 Å². The van der Waals surface area contributed by atoms with Gasteiger partial charge in [-0.25, -0.2) is 24.2 Å². The maximum Gasteiger partial charge on any atom is 0.488 e. The Kier molecular flexibility index (Phi) is 13.5. The lowest BCUT2D eigenvalue weighted by molar-refractivity contribution is 0.0587. The first-order valence-corrected chi connectivity index (χ1v) is 18.7. The molecule has 8 rings (SSSR count). The predicted molar refractivity (Wildman–Crippen MR) is 213 cm³/mol. The Morgan fingerprint density at radius 3 is 1.95 bits per heavy atom. The first-order valence-electron chi connectivity index (χ1n) is 17.1. The van der Waals surface area contributed by atoms with Gasteiger partial charge in [-0.3, -0.25) is 5.10 Å². The number of carbonyl (C=O) groups is 2. The topological polar surface area (TPSA) is 190 Å². The van der Waals surface area contributed by atoms with Crippen LogP contribution in [0.3, 0.4) is 0 Å². The third-order valence-electron chi connectivity index (χ3n) is 8.61. The summed E-state index contributed by atoms with van der Waals surface area (Å²) in [5, 5.41) is 30.6. The van der Waals surface area contributed by atoms with Crippen molar-refractivity contribution in [3.63, 3.8) is 0 Å². The van der Waals surface area contributed by atoms with Crippen molar-refractivity contribution in [2.24, 2.45) is 0 Å². The van der Waals surface area contributed by atoms with Crippen molar-refractivity contribution < 1.29 is 38.6 Å². The minimum Gasteiger partial charge on any atom is -0.464 e. The zero-order chi connectivity index (χ0) is 38.9. The number of aromatic amines is 1. The van der Waals surface area contributed by atoms with Crippen LogP contribution < -0.4 is 15.3 Å². The third-order valence-corrected chi connectivity index (χ3v) is 9.52. The SMILES string of the molecule is COC(=O)c1[nH]nc2ncccc12.COC(=O)c1nn(-c2cc(Br)cc(N3CCOCC3)c2)c2ncccc12.OB(O)c1cc(Br)cc(N2CCOCC2)c1. The zero-order valence-electron chi connectivity index (χ0n) is 29.9. The van der Waals surface area contributed by atoms with Gasteiger partial charge in [-0.1, -0.05) is 31.9 Å². The van der Waals surface area contributed by atoms with Crippen molar-refractivity contribution in [3.8, 4) is 5.69 Å². The van der Waals surface area contributed by atoms with Crippen molar-refractivity contribution >= 4 is 89.8 Å². The minimum atomic E-state index is -1.43. The van der Waals surface area contributed by atoms with Crippen LogP contribution in [-0.2, 0) is 18.9 Å². The van der Waals surface area contributed by atoms with Crippen molar-refractivity contribution in [2.45, 2.75) is 0 Å². The molecular formula is C36H37BBr2N8O8. The summed E-state index contributed by atoms with van der Waals surface area (Å²) >= 11 is 6.95. The average molecular weight is 880 g/mol. The number of morpholine rings is 2. The van der Waals surface area contributed by atoms with Crippen molar-refractivity contribution in [1.29, 1.82) is 0 Å². The summed E-state index contributed by atoms with van der Waals surface area (Å²) in [6.45, 7) is 6.17. The van der Waals surface area contributed by atoms with E-state index < -0.39 is 19.1 Å². The largest absolute Gasteiger partial charge is 0.488 e. The van der Waals surface area contributed by atoms with Crippen LogP contribution in [0, 0.1) is 0 Å². The molecule has 0 saturated carbocycles. The van der Waals surface area contributed by atoms with Gasteiger partial charge in [0.05, 0.1) is 57.1 Å². The second-order valence-electron chi connectivity index (χ2n) is 12.1. The van der Waals surface area contributed by atoms with E-state index in [4.69, 9.17) is 24.3 Å². The monoisotopic (exact) mass is 878 g/mol. The summed E-state index contributed by atoms with van der Waals surface area (Å²) in [6, 6.07) is 18.6. The number of anilines is 2. The van der Waals surface area contributed by atoms with E-state index in [0.717, 1.165) is 52.2 Å². The molecule has 2 saturated heterocycles. The maximum atomic E-state index is 12.1. The van der Waals surface area contributed by atoms with Crippen molar-refractivity contribution in [1.82, 2.24) is 29.9 Å². The Morgan fingerprint density at radius 1 is 0.764 bits per heavy atom. The van der Waals surface area contributed by atoms with Crippen molar-refractivity contribution in [3.05, 3.63) is 93.4 Å². The highest BCUT2D eigenvalue weighted by Crippen LogP contribution is 2.28. The van der Waals surface area contributed by atoms with Gasteiger partial charge in [-0.2, -0.15) is 10.2 Å². The number of hydrogen-bond acceptors (Lipinski definition) is 14. The van der Waals surface area contributed by atoms with Gasteiger partial charge in [0, 0.05) is 58.9 Å². The van der Waals surface area contributed by atoms with Crippen LogP contribution in [0.1, 0.15) is 21.0 Å². The molecule has 19 heteroatoms. The molecule has 0 radical (unpaired) electrons. The summed E-state index contributed by atoms with van der Waals surface area (Å²) in [5.74, 6) is -0.916. The average Bonchev–Trinajstić information content (AvgIpc) is 3.84. The Labute approximate surface area is 332 Å². The molecule has 55 heavy (non-hydrogen) atoms. The van der Waals surface area contributed by atoms with Gasteiger partial charge in [0.15, 0.2) is 22.7 Å². The molecule has 4 aromatic heterocycles. The molecular weight excluding hydrogens is 843 g/mol. The van der Waals surface area contributed by atoms with Gasteiger partial charge in [-0.15, -0.1) is 0 Å². The molecule has 6 aromatic rings. The van der Waals surface area contributed by atoms with Gasteiger partial charge in [0.25, 0.3) is 0 Å². The van der Waals surface area contributed by atoms with Crippen molar-refractivity contribution in [2.75, 3.05) is 76.6 Å². The van der Waals surface area contributed by atoms with E-state index in [1.807, 2.05) is 24.3 Å². The Balaban J connectivity index is 0.000000152. The van der Waals surface area contributed by atoms with E-state index in [0.29, 0.717) is 59.7 Å². The third kappa shape index (κ3) is 9.67. The van der Waals surface area contributed by atoms with E-state index in [2.05, 4.69) is 77.7 Å². The van der Waals surface area contributed by atoms with Gasteiger partial charge in [-0.05, 0) is 66.1 Å². The number of benzene rings is 2. The van der Waals surface area contributed by atoms with Crippen LogP contribution in [-0.4, -0.2) is 126 Å². The van der Waals surface area contributed by atoms with E-state index in [-0.39, 0.29) is 5.69 Å². The number of aromatic nitrogens is 6. The number of carbonyl (C=O) groups excluding carboxylic acids is 2. The first-order chi connectivity index (χ1) is 26.7. The summed E-state index contributed by atoms with van der Waals surface area (Å²) in [7, 11) is 1.24. The number of ether oxygens (including phenoxy) is 4. The summed E-state index contributed by atoms with van der Waals surface area (Å²) in [6.07, 6.45) is 3.30. The quantitative estimate of drug-likeness (QED) is 0.163. The molecule has 2 aliphatic heterocycles. The number of methoxy groups -OCH3 is 2. The lowest BCUT2D eigenvalue weighted by atomic mass is 9.80. The standard InChI is InChI=1S/C18H17BrN4O3.C10H13BBrNO3.C8H7N3O2/c1-25-18(24)16-15-3-2-4-20-17(15)23(21-16)14-10-12(19)9-13(11-14)22-5-7-26-8-6-22;12-9-5-8(11(14)15)6-10(7-9)13-1-3-16-4-2-13;1-13-8(12)6-5-3-2-4-9-7(5)11-10-6/h2-4,9-11H,5-8H2,1H3;5-7,14-15H,1-4H2;2-4H,1H3,(H,9,10,11). The molecule has 0 amide bonds. The Hall–Kier alpha value is -4.92. The number of pyridine rings is 2. The number of nitrogens with zero attached hydrogens (tertiary/aromatic N) is 7. The van der Waals surface area contributed by atoms with E-state index in [1.54, 1.807) is 47.4 Å². The van der Waals surface area contributed by atoms with Gasteiger partial charge >= 0.3 is 19.1 Å². The molecule has 0 spiro atoms. The highest BCUT2D eigenvalue weighted by Gasteiger charge is 2.21. The lowest BCUT2D eigenvalue weighted by Crippen LogP contribution is -2.37.